The first-order valence-electron chi connectivity index (χ1n) is 6.96. The molecule has 0 fully saturated rings. The fourth-order valence-corrected chi connectivity index (χ4v) is 2.28. The summed E-state index contributed by atoms with van der Waals surface area (Å²) < 4.78 is 19.9. The molecule has 0 atom stereocenters. The summed E-state index contributed by atoms with van der Waals surface area (Å²) in [5.41, 5.74) is 5.46. The molecule has 0 saturated heterocycles. The Balaban J connectivity index is 2.38. The van der Waals surface area contributed by atoms with Gasteiger partial charge in [-0.2, -0.15) is 0 Å². The summed E-state index contributed by atoms with van der Waals surface area (Å²) in [4.78, 5) is 14.0. The van der Waals surface area contributed by atoms with Gasteiger partial charge in [0.15, 0.2) is 5.84 Å². The number of fused-ring (bicyclic) bond motifs is 1. The van der Waals surface area contributed by atoms with E-state index in [2.05, 4.69) is 5.16 Å². The quantitative estimate of drug-likeness (QED) is 0.357. The van der Waals surface area contributed by atoms with E-state index >= 15 is 0 Å². The number of oxime groups is 1. The second kappa shape index (κ2) is 5.82. The number of benzene rings is 1. The van der Waals surface area contributed by atoms with Crippen molar-refractivity contribution in [3.05, 3.63) is 29.1 Å². The summed E-state index contributed by atoms with van der Waals surface area (Å²) >= 11 is 0. The van der Waals surface area contributed by atoms with Crippen molar-refractivity contribution in [3.63, 3.8) is 0 Å². The summed E-state index contributed by atoms with van der Waals surface area (Å²) in [5.74, 6) is -0.500. The molecule has 1 amide bonds. The lowest BCUT2D eigenvalue weighted by Gasteiger charge is -2.28. The van der Waals surface area contributed by atoms with Crippen molar-refractivity contribution < 1.29 is 19.1 Å². The molecule has 1 aliphatic heterocycles. The topological polar surface area (TPSA) is 88.2 Å². The normalized spacial score (nSPS) is 15.8. The van der Waals surface area contributed by atoms with Gasteiger partial charge in [-0.05, 0) is 12.1 Å². The second-order valence-corrected chi connectivity index (χ2v) is 6.25. The summed E-state index contributed by atoms with van der Waals surface area (Å²) in [6.07, 6.45) is 0. The smallest absolute Gasteiger partial charge is 0.228 e. The molecule has 22 heavy (non-hydrogen) atoms. The number of hydrogen-bond acceptors (Lipinski definition) is 4. The highest BCUT2D eigenvalue weighted by molar-refractivity contribution is 5.97. The maximum Gasteiger partial charge on any atom is 0.228 e. The van der Waals surface area contributed by atoms with Gasteiger partial charge in [-0.15, -0.1) is 0 Å². The zero-order valence-electron chi connectivity index (χ0n) is 12.9. The highest BCUT2D eigenvalue weighted by atomic mass is 19.1. The highest BCUT2D eigenvalue weighted by Crippen LogP contribution is 2.29. The van der Waals surface area contributed by atoms with Gasteiger partial charge in [0, 0.05) is 16.5 Å². The molecular formula is C15H20FN3O3. The fourth-order valence-electron chi connectivity index (χ4n) is 2.28. The third-order valence-electron chi connectivity index (χ3n) is 3.45. The number of halogens is 1. The van der Waals surface area contributed by atoms with Gasteiger partial charge in [0.05, 0.1) is 13.1 Å². The Labute approximate surface area is 128 Å². The van der Waals surface area contributed by atoms with Crippen LogP contribution < -0.4 is 10.5 Å². The Morgan fingerprint density at radius 1 is 1.45 bits per heavy atom. The van der Waals surface area contributed by atoms with Crippen LogP contribution in [0.25, 0.3) is 0 Å². The Morgan fingerprint density at radius 3 is 2.73 bits per heavy atom. The number of carbonyl (C=O) groups is 1. The average molecular weight is 309 g/mol. The van der Waals surface area contributed by atoms with Crippen molar-refractivity contribution in [2.24, 2.45) is 16.3 Å². The molecule has 2 rings (SSSR count). The summed E-state index contributed by atoms with van der Waals surface area (Å²) in [6, 6.07) is 2.68. The van der Waals surface area contributed by atoms with E-state index in [1.54, 1.807) is 4.90 Å². The lowest BCUT2D eigenvalue weighted by atomic mass is 9.94. The van der Waals surface area contributed by atoms with E-state index in [-0.39, 0.29) is 30.5 Å². The van der Waals surface area contributed by atoms with Gasteiger partial charge < -0.3 is 20.6 Å². The van der Waals surface area contributed by atoms with Crippen molar-refractivity contribution in [2.75, 3.05) is 13.2 Å². The van der Waals surface area contributed by atoms with Crippen molar-refractivity contribution in [1.29, 1.82) is 0 Å². The largest absolute Gasteiger partial charge is 0.491 e. The van der Waals surface area contributed by atoms with Crippen LogP contribution in [-0.2, 0) is 11.3 Å². The molecule has 3 N–H and O–H groups in total. The van der Waals surface area contributed by atoms with Crippen molar-refractivity contribution in [1.82, 2.24) is 4.90 Å². The number of amides is 1. The molecule has 0 radical (unpaired) electrons. The van der Waals surface area contributed by atoms with Gasteiger partial charge in [-0.3, -0.25) is 4.79 Å². The van der Waals surface area contributed by atoms with Crippen LogP contribution in [0.4, 0.5) is 4.39 Å². The van der Waals surface area contributed by atoms with Crippen molar-refractivity contribution in [2.45, 2.75) is 27.3 Å². The number of rotatable bonds is 1. The molecule has 1 aromatic carbocycles. The van der Waals surface area contributed by atoms with E-state index in [1.165, 1.54) is 12.1 Å². The first kappa shape index (κ1) is 16.1. The SMILES string of the molecule is CC(C)(C)C(=O)N1CCOc2cc(C(N)=NO)cc(F)c2C1. The molecule has 1 aromatic rings. The summed E-state index contributed by atoms with van der Waals surface area (Å²) in [5, 5.41) is 11.5. The number of carbonyl (C=O) groups excluding carboxylic acids is 1. The van der Waals surface area contributed by atoms with Crippen LogP contribution in [-0.4, -0.2) is 35.0 Å². The second-order valence-electron chi connectivity index (χ2n) is 6.25. The van der Waals surface area contributed by atoms with Crippen molar-refractivity contribution >= 4 is 11.7 Å². The van der Waals surface area contributed by atoms with E-state index in [9.17, 15) is 9.18 Å². The summed E-state index contributed by atoms with van der Waals surface area (Å²) in [7, 11) is 0. The lowest BCUT2D eigenvalue weighted by molar-refractivity contribution is -0.140. The predicted molar refractivity (Wildman–Crippen MR) is 79.3 cm³/mol. The van der Waals surface area contributed by atoms with Gasteiger partial charge in [-0.25, -0.2) is 4.39 Å². The monoisotopic (exact) mass is 309 g/mol. The number of amidine groups is 1. The van der Waals surface area contributed by atoms with E-state index in [0.717, 1.165) is 0 Å². The van der Waals surface area contributed by atoms with Crippen molar-refractivity contribution in [3.8, 4) is 5.75 Å². The van der Waals surface area contributed by atoms with Crippen LogP contribution in [0.2, 0.25) is 0 Å². The number of ether oxygens (including phenoxy) is 1. The number of hydrogen-bond donors (Lipinski definition) is 2. The maximum atomic E-state index is 14.3. The molecular weight excluding hydrogens is 289 g/mol. The summed E-state index contributed by atoms with van der Waals surface area (Å²) in [6.45, 7) is 6.23. The third kappa shape index (κ3) is 3.13. The first-order chi connectivity index (χ1) is 10.2. The molecule has 1 heterocycles. The minimum Gasteiger partial charge on any atom is -0.491 e. The van der Waals surface area contributed by atoms with Crippen LogP contribution in [0, 0.1) is 11.2 Å². The predicted octanol–water partition coefficient (Wildman–Crippen LogP) is 1.69. The van der Waals surface area contributed by atoms with E-state index in [0.29, 0.717) is 17.9 Å². The number of nitrogens with two attached hydrogens (primary N) is 1. The zero-order valence-corrected chi connectivity index (χ0v) is 12.9. The minimum absolute atomic E-state index is 0.0659. The van der Waals surface area contributed by atoms with Crippen LogP contribution in [0.3, 0.4) is 0 Å². The molecule has 7 heteroatoms. The van der Waals surface area contributed by atoms with Crippen LogP contribution in [0.15, 0.2) is 17.3 Å². The van der Waals surface area contributed by atoms with Crippen LogP contribution in [0.5, 0.6) is 5.75 Å². The Kier molecular flexibility index (Phi) is 4.25. The van der Waals surface area contributed by atoms with Gasteiger partial charge in [-0.1, -0.05) is 25.9 Å². The van der Waals surface area contributed by atoms with Gasteiger partial charge in [0.2, 0.25) is 5.91 Å². The number of nitrogens with zero attached hydrogens (tertiary/aromatic N) is 2. The fraction of sp³-hybridized carbons (Fsp3) is 0.467. The van der Waals surface area contributed by atoms with E-state index in [4.69, 9.17) is 15.7 Å². The molecule has 0 spiro atoms. The van der Waals surface area contributed by atoms with Gasteiger partial charge >= 0.3 is 0 Å². The molecule has 120 valence electrons. The molecule has 6 nitrogen and oxygen atoms in total. The molecule has 0 aromatic heterocycles. The third-order valence-corrected chi connectivity index (χ3v) is 3.45. The highest BCUT2D eigenvalue weighted by Gasteiger charge is 2.30. The molecule has 0 saturated carbocycles. The van der Waals surface area contributed by atoms with Crippen LogP contribution in [0.1, 0.15) is 31.9 Å². The molecule has 1 aliphatic rings. The standard InChI is InChI=1S/C15H20FN3O3/c1-15(2,3)14(20)19-4-5-22-12-7-9(13(17)18-21)6-11(16)10(12)8-19/h6-7,21H,4-5,8H2,1-3H3,(H2,17,18). The molecule has 0 bridgehead atoms. The van der Waals surface area contributed by atoms with Crippen LogP contribution >= 0.6 is 0 Å². The average Bonchev–Trinajstić information content (AvgIpc) is 2.67. The van der Waals surface area contributed by atoms with Gasteiger partial charge in [0.1, 0.15) is 18.2 Å². The zero-order chi connectivity index (χ0) is 16.5. The Bertz CT molecular complexity index is 623. The first-order valence-corrected chi connectivity index (χ1v) is 6.96. The molecule has 0 aliphatic carbocycles. The Morgan fingerprint density at radius 2 is 2.14 bits per heavy atom. The van der Waals surface area contributed by atoms with Gasteiger partial charge in [0.25, 0.3) is 0 Å². The maximum absolute atomic E-state index is 14.3. The Hall–Kier alpha value is -2.31. The lowest BCUT2D eigenvalue weighted by Crippen LogP contribution is -2.40. The molecule has 0 unspecified atom stereocenters. The minimum atomic E-state index is -0.548. The van der Waals surface area contributed by atoms with E-state index in [1.807, 2.05) is 20.8 Å². The van der Waals surface area contributed by atoms with E-state index < -0.39 is 11.2 Å².